The van der Waals surface area contributed by atoms with Gasteiger partial charge in [0.15, 0.2) is 0 Å². The summed E-state index contributed by atoms with van der Waals surface area (Å²) in [6.45, 7) is 5.20. The van der Waals surface area contributed by atoms with Crippen molar-refractivity contribution in [2.24, 2.45) is 0 Å². The lowest BCUT2D eigenvalue weighted by atomic mass is 10.2. The zero-order chi connectivity index (χ0) is 13.5. The second kappa shape index (κ2) is 14.9. The molecule has 108 valence electrons. The topological polar surface area (TPSA) is 57.2 Å². The van der Waals surface area contributed by atoms with Crippen LogP contribution in [0.15, 0.2) is 0 Å². The van der Waals surface area contributed by atoms with E-state index >= 15 is 0 Å². The van der Waals surface area contributed by atoms with Gasteiger partial charge in [-0.2, -0.15) is 0 Å². The monoisotopic (exact) mass is 262 g/mol. The van der Waals surface area contributed by atoms with Crippen molar-refractivity contribution in [3.63, 3.8) is 0 Å². The molecule has 0 aromatic rings. The third-order valence-corrected chi connectivity index (χ3v) is 2.46. The van der Waals surface area contributed by atoms with Gasteiger partial charge in [0, 0.05) is 0 Å². The molecule has 5 nitrogen and oxygen atoms in total. The maximum atomic E-state index is 9.16. The highest BCUT2D eigenvalue weighted by atomic mass is 17.3. The average Bonchev–Trinajstić information content (AvgIpc) is 2.38. The molecular formula is C12H27BO5. The largest absolute Gasteiger partial charge is 0.694 e. The van der Waals surface area contributed by atoms with Gasteiger partial charge in [0.05, 0.1) is 13.2 Å². The Hall–Kier alpha value is -0.135. The number of unbranched alkanes of at least 4 members (excludes halogenated alkanes) is 6. The first-order chi connectivity index (χ1) is 8.81. The second-order valence-electron chi connectivity index (χ2n) is 4.26. The quantitative estimate of drug-likeness (QED) is 0.226. The summed E-state index contributed by atoms with van der Waals surface area (Å²) >= 11 is 0. The van der Waals surface area contributed by atoms with Gasteiger partial charge in [-0.15, -0.1) is 0 Å². The molecule has 6 heteroatoms. The summed E-state index contributed by atoms with van der Waals surface area (Å²) in [5.41, 5.74) is 0. The van der Waals surface area contributed by atoms with E-state index in [1.807, 2.05) is 0 Å². The molecule has 0 aromatic heterocycles. The van der Waals surface area contributed by atoms with E-state index in [9.17, 15) is 0 Å². The fourth-order valence-electron chi connectivity index (χ4n) is 1.40. The van der Waals surface area contributed by atoms with Crippen LogP contribution in [0.5, 0.6) is 0 Å². The molecule has 0 amide bonds. The molecule has 0 spiro atoms. The van der Waals surface area contributed by atoms with E-state index in [1.54, 1.807) is 0 Å². The highest BCUT2D eigenvalue weighted by molar-refractivity contribution is 6.33. The molecule has 0 aliphatic heterocycles. The number of hydrogen-bond acceptors (Lipinski definition) is 5. The summed E-state index contributed by atoms with van der Waals surface area (Å²) < 4.78 is 0. The SMILES string of the molecule is CCCCCCOOB(O)OOCCCCCC. The Bertz CT molecular complexity index is 143. The lowest BCUT2D eigenvalue weighted by Crippen LogP contribution is -2.23. The third-order valence-electron chi connectivity index (χ3n) is 2.46. The highest BCUT2D eigenvalue weighted by Gasteiger charge is 2.18. The molecule has 0 radical (unpaired) electrons. The van der Waals surface area contributed by atoms with Gasteiger partial charge < -0.3 is 5.02 Å². The van der Waals surface area contributed by atoms with Gasteiger partial charge in [-0.1, -0.05) is 52.4 Å². The van der Waals surface area contributed by atoms with Crippen LogP contribution >= 0.6 is 0 Å². The van der Waals surface area contributed by atoms with Crippen molar-refractivity contribution >= 4 is 7.32 Å². The summed E-state index contributed by atoms with van der Waals surface area (Å²) in [6.07, 6.45) is 8.76. The summed E-state index contributed by atoms with van der Waals surface area (Å²) in [5, 5.41) is 9.16. The van der Waals surface area contributed by atoms with Crippen molar-refractivity contribution in [3.8, 4) is 0 Å². The summed E-state index contributed by atoms with van der Waals surface area (Å²) in [4.78, 5) is 18.7. The van der Waals surface area contributed by atoms with E-state index in [0.29, 0.717) is 13.2 Å². The lowest BCUT2D eigenvalue weighted by Gasteiger charge is -2.07. The molecule has 0 bridgehead atoms. The van der Waals surface area contributed by atoms with E-state index in [4.69, 9.17) is 14.8 Å². The van der Waals surface area contributed by atoms with Gasteiger partial charge in [-0.3, -0.25) is 0 Å². The second-order valence-corrected chi connectivity index (χ2v) is 4.26. The van der Waals surface area contributed by atoms with Crippen LogP contribution in [0.4, 0.5) is 0 Å². The van der Waals surface area contributed by atoms with Gasteiger partial charge in [-0.05, 0) is 12.8 Å². The third kappa shape index (κ3) is 13.9. The Balaban J connectivity index is 3.10. The van der Waals surface area contributed by atoms with Crippen molar-refractivity contribution in [2.45, 2.75) is 65.2 Å². The van der Waals surface area contributed by atoms with E-state index in [1.165, 1.54) is 25.7 Å². The predicted molar refractivity (Wildman–Crippen MR) is 70.3 cm³/mol. The average molecular weight is 262 g/mol. The molecule has 0 aliphatic rings. The molecule has 0 rings (SSSR count). The molecule has 18 heavy (non-hydrogen) atoms. The van der Waals surface area contributed by atoms with Crippen LogP contribution in [0.1, 0.15) is 65.2 Å². The summed E-state index contributed by atoms with van der Waals surface area (Å²) in [7, 11) is -1.47. The van der Waals surface area contributed by atoms with Gasteiger partial charge in [0.2, 0.25) is 0 Å². The fraction of sp³-hybridized carbons (Fsp3) is 1.00. The van der Waals surface area contributed by atoms with Crippen molar-refractivity contribution in [1.82, 2.24) is 0 Å². The van der Waals surface area contributed by atoms with Crippen LogP contribution < -0.4 is 0 Å². The number of rotatable bonds is 14. The van der Waals surface area contributed by atoms with Gasteiger partial charge in [0.1, 0.15) is 0 Å². The van der Waals surface area contributed by atoms with Crippen LogP contribution in [0.3, 0.4) is 0 Å². The zero-order valence-corrected chi connectivity index (χ0v) is 11.7. The Morgan fingerprint density at radius 3 is 1.56 bits per heavy atom. The van der Waals surface area contributed by atoms with E-state index < -0.39 is 7.32 Å². The molecule has 1 N–H and O–H groups in total. The Morgan fingerprint density at radius 2 is 1.17 bits per heavy atom. The molecular weight excluding hydrogens is 235 g/mol. The molecule has 0 heterocycles. The van der Waals surface area contributed by atoms with Gasteiger partial charge >= 0.3 is 7.32 Å². The molecule has 0 saturated carbocycles. The Morgan fingerprint density at radius 1 is 0.722 bits per heavy atom. The summed E-state index contributed by atoms with van der Waals surface area (Å²) in [5.74, 6) is 0. The highest BCUT2D eigenvalue weighted by Crippen LogP contribution is 2.01. The van der Waals surface area contributed by atoms with Crippen molar-refractivity contribution in [2.75, 3.05) is 13.2 Å². The van der Waals surface area contributed by atoms with Crippen LogP contribution in [0.2, 0.25) is 0 Å². The first-order valence-corrected chi connectivity index (χ1v) is 7.05. The van der Waals surface area contributed by atoms with Crippen LogP contribution in [-0.2, 0) is 19.4 Å². The molecule has 0 saturated heterocycles. The maximum absolute atomic E-state index is 9.16. The smallest absolute Gasteiger partial charge is 0.399 e. The van der Waals surface area contributed by atoms with E-state index in [0.717, 1.165) is 25.7 Å². The van der Waals surface area contributed by atoms with Crippen molar-refractivity contribution in [1.29, 1.82) is 0 Å². The van der Waals surface area contributed by atoms with Gasteiger partial charge in [-0.25, -0.2) is 19.4 Å². The van der Waals surface area contributed by atoms with Gasteiger partial charge in [0.25, 0.3) is 0 Å². The van der Waals surface area contributed by atoms with Crippen LogP contribution in [0.25, 0.3) is 0 Å². The molecule has 0 unspecified atom stereocenters. The fourth-order valence-corrected chi connectivity index (χ4v) is 1.40. The predicted octanol–water partition coefficient (Wildman–Crippen LogP) is 3.02. The molecule has 0 aliphatic carbocycles. The zero-order valence-electron chi connectivity index (χ0n) is 11.7. The minimum absolute atomic E-state index is 0.455. The first-order valence-electron chi connectivity index (χ1n) is 7.05. The normalized spacial score (nSPS) is 10.8. The molecule has 0 fully saturated rings. The first kappa shape index (κ1) is 17.9. The van der Waals surface area contributed by atoms with Crippen molar-refractivity contribution < 1.29 is 24.4 Å². The minimum atomic E-state index is -1.47. The Labute approximate surface area is 111 Å². The Kier molecular flexibility index (Phi) is 14.8. The van der Waals surface area contributed by atoms with Crippen LogP contribution in [0, 0.1) is 0 Å². The van der Waals surface area contributed by atoms with E-state index in [-0.39, 0.29) is 0 Å². The van der Waals surface area contributed by atoms with Crippen molar-refractivity contribution in [3.05, 3.63) is 0 Å². The van der Waals surface area contributed by atoms with E-state index in [2.05, 4.69) is 23.5 Å². The standard InChI is InChI=1S/C12H27BO5/c1-3-5-7-9-11-15-17-13(14)18-16-12-10-8-6-4-2/h14H,3-12H2,1-2H3. The minimum Gasteiger partial charge on any atom is -0.399 e. The maximum Gasteiger partial charge on any atom is 0.694 e. The van der Waals surface area contributed by atoms with Crippen LogP contribution in [-0.4, -0.2) is 25.6 Å². The summed E-state index contributed by atoms with van der Waals surface area (Å²) in [6, 6.07) is 0. The lowest BCUT2D eigenvalue weighted by molar-refractivity contribution is -0.298. The number of hydrogen-bond donors (Lipinski definition) is 1. The molecule has 0 aromatic carbocycles. The molecule has 0 atom stereocenters.